The fourth-order valence-corrected chi connectivity index (χ4v) is 2.71. The molecule has 0 spiro atoms. The molecule has 3 N–H and O–H groups in total. The van der Waals surface area contributed by atoms with Crippen LogP contribution in [-0.4, -0.2) is 41.7 Å². The lowest BCUT2D eigenvalue weighted by atomic mass is 9.96. The lowest BCUT2D eigenvalue weighted by Crippen LogP contribution is -2.46. The van der Waals surface area contributed by atoms with Gasteiger partial charge < -0.3 is 15.7 Å². The van der Waals surface area contributed by atoms with Crippen LogP contribution >= 0.6 is 0 Å². The van der Waals surface area contributed by atoms with E-state index in [2.05, 4.69) is 13.8 Å². The summed E-state index contributed by atoms with van der Waals surface area (Å²) in [5, 5.41) is 9.24. The van der Waals surface area contributed by atoms with E-state index in [0.29, 0.717) is 19.5 Å². The van der Waals surface area contributed by atoms with Gasteiger partial charge in [-0.2, -0.15) is 0 Å². The molecule has 118 valence electrons. The van der Waals surface area contributed by atoms with E-state index >= 15 is 0 Å². The van der Waals surface area contributed by atoms with Crippen LogP contribution in [0.25, 0.3) is 0 Å². The van der Waals surface area contributed by atoms with Crippen molar-refractivity contribution in [2.45, 2.75) is 39.2 Å². The van der Waals surface area contributed by atoms with Gasteiger partial charge in [-0.15, -0.1) is 0 Å². The van der Waals surface area contributed by atoms with Crippen LogP contribution in [0.4, 0.5) is 0 Å². The first kappa shape index (κ1) is 17.7. The lowest BCUT2D eigenvalue weighted by Gasteiger charge is -2.33. The first-order valence-electron chi connectivity index (χ1n) is 7.83. The molecule has 0 aromatic heterocycles. The van der Waals surface area contributed by atoms with Crippen LogP contribution in [0.3, 0.4) is 0 Å². The third-order valence-electron chi connectivity index (χ3n) is 3.97. The van der Waals surface area contributed by atoms with Gasteiger partial charge in [0.1, 0.15) is 0 Å². The first-order valence-corrected chi connectivity index (χ1v) is 7.83. The molecular weight excluding hydrogens is 264 g/mol. The summed E-state index contributed by atoms with van der Waals surface area (Å²) >= 11 is 0. The van der Waals surface area contributed by atoms with Gasteiger partial charge in [-0.05, 0) is 24.8 Å². The van der Waals surface area contributed by atoms with Crippen molar-refractivity contribution in [1.29, 1.82) is 0 Å². The third-order valence-corrected chi connectivity index (χ3v) is 3.97. The van der Waals surface area contributed by atoms with Crippen LogP contribution in [0, 0.1) is 5.92 Å². The maximum atomic E-state index is 12.8. The number of carbonyl (C=O) groups excluding carboxylic acids is 1. The van der Waals surface area contributed by atoms with E-state index in [1.165, 1.54) is 0 Å². The zero-order valence-corrected chi connectivity index (χ0v) is 13.2. The van der Waals surface area contributed by atoms with Gasteiger partial charge in [0, 0.05) is 19.1 Å². The number of benzene rings is 1. The Morgan fingerprint density at radius 1 is 1.24 bits per heavy atom. The van der Waals surface area contributed by atoms with E-state index in [-0.39, 0.29) is 24.5 Å². The zero-order chi connectivity index (χ0) is 15.7. The van der Waals surface area contributed by atoms with Crippen molar-refractivity contribution in [3.63, 3.8) is 0 Å². The van der Waals surface area contributed by atoms with Crippen LogP contribution in [-0.2, 0) is 11.2 Å². The summed E-state index contributed by atoms with van der Waals surface area (Å²) in [6.07, 6.45) is 2.44. The van der Waals surface area contributed by atoms with E-state index in [1.807, 2.05) is 30.3 Å². The molecule has 4 heteroatoms. The summed E-state index contributed by atoms with van der Waals surface area (Å²) in [5.41, 5.74) is 6.95. The minimum atomic E-state index is -0.223. The van der Waals surface area contributed by atoms with Crippen LogP contribution in [0.1, 0.15) is 32.3 Å². The number of nitrogens with two attached hydrogens (primary N) is 1. The molecule has 0 heterocycles. The van der Waals surface area contributed by atoms with Gasteiger partial charge in [0.15, 0.2) is 0 Å². The summed E-state index contributed by atoms with van der Waals surface area (Å²) in [6.45, 7) is 4.85. The molecule has 1 aromatic carbocycles. The first-order chi connectivity index (χ1) is 10.2. The Morgan fingerprint density at radius 2 is 1.86 bits per heavy atom. The van der Waals surface area contributed by atoms with E-state index < -0.39 is 0 Å². The quantitative estimate of drug-likeness (QED) is 0.729. The average Bonchev–Trinajstić information content (AvgIpc) is 2.53. The number of aliphatic hydroxyl groups is 1. The molecule has 0 radical (unpaired) electrons. The number of amides is 1. The minimum absolute atomic E-state index is 0.00906. The minimum Gasteiger partial charge on any atom is -0.395 e. The van der Waals surface area contributed by atoms with E-state index in [1.54, 1.807) is 4.90 Å². The van der Waals surface area contributed by atoms with E-state index in [4.69, 9.17) is 5.73 Å². The van der Waals surface area contributed by atoms with E-state index in [0.717, 1.165) is 18.4 Å². The van der Waals surface area contributed by atoms with Crippen LogP contribution in [0.5, 0.6) is 0 Å². The van der Waals surface area contributed by atoms with Gasteiger partial charge in [-0.1, -0.05) is 44.2 Å². The Balaban J connectivity index is 2.83. The van der Waals surface area contributed by atoms with Gasteiger partial charge in [-0.25, -0.2) is 0 Å². The van der Waals surface area contributed by atoms with Gasteiger partial charge in [-0.3, -0.25) is 4.79 Å². The monoisotopic (exact) mass is 292 g/mol. The molecule has 0 fully saturated rings. The molecule has 0 aliphatic heterocycles. The largest absolute Gasteiger partial charge is 0.395 e. The van der Waals surface area contributed by atoms with Gasteiger partial charge in [0.2, 0.25) is 5.91 Å². The summed E-state index contributed by atoms with van der Waals surface area (Å²) in [5.74, 6) is -0.163. The fraction of sp³-hybridized carbons (Fsp3) is 0.588. The summed E-state index contributed by atoms with van der Waals surface area (Å²) < 4.78 is 0. The normalized spacial score (nSPS) is 12.4. The second kappa shape index (κ2) is 9.53. The second-order valence-corrected chi connectivity index (χ2v) is 5.35. The molecule has 1 unspecified atom stereocenters. The summed E-state index contributed by atoms with van der Waals surface area (Å²) in [6, 6.07) is 10.1. The van der Waals surface area contributed by atoms with Gasteiger partial charge in [0.25, 0.3) is 0 Å². The number of aliphatic hydroxyl groups excluding tert-OH is 1. The van der Waals surface area contributed by atoms with Crippen LogP contribution < -0.4 is 5.73 Å². The van der Waals surface area contributed by atoms with Crippen molar-refractivity contribution in [2.75, 3.05) is 19.7 Å². The number of carbonyl (C=O) groups is 1. The van der Waals surface area contributed by atoms with Gasteiger partial charge >= 0.3 is 0 Å². The molecule has 1 rings (SSSR count). The SMILES string of the molecule is CCC(CC)N(CCO)C(=O)C(CN)Cc1ccccc1. The molecule has 1 atom stereocenters. The van der Waals surface area contributed by atoms with Crippen molar-refractivity contribution >= 4 is 5.91 Å². The highest BCUT2D eigenvalue weighted by atomic mass is 16.3. The Morgan fingerprint density at radius 3 is 2.33 bits per heavy atom. The smallest absolute Gasteiger partial charge is 0.227 e. The van der Waals surface area contributed by atoms with Crippen molar-refractivity contribution in [3.8, 4) is 0 Å². The lowest BCUT2D eigenvalue weighted by molar-refractivity contribution is -0.138. The molecule has 0 bridgehead atoms. The van der Waals surface area contributed by atoms with Crippen molar-refractivity contribution in [3.05, 3.63) is 35.9 Å². The van der Waals surface area contributed by atoms with Crippen LogP contribution in [0.2, 0.25) is 0 Å². The predicted molar refractivity (Wildman–Crippen MR) is 85.9 cm³/mol. The fourth-order valence-electron chi connectivity index (χ4n) is 2.71. The third kappa shape index (κ3) is 5.14. The Labute approximate surface area is 128 Å². The maximum Gasteiger partial charge on any atom is 0.227 e. The number of hydrogen-bond acceptors (Lipinski definition) is 3. The van der Waals surface area contributed by atoms with Gasteiger partial charge in [0.05, 0.1) is 12.5 Å². The highest BCUT2D eigenvalue weighted by molar-refractivity contribution is 5.79. The van der Waals surface area contributed by atoms with Crippen molar-refractivity contribution < 1.29 is 9.90 Å². The molecule has 0 saturated heterocycles. The number of hydrogen-bond donors (Lipinski definition) is 2. The number of rotatable bonds is 9. The molecule has 0 saturated carbocycles. The molecule has 1 aromatic rings. The Hall–Kier alpha value is -1.39. The van der Waals surface area contributed by atoms with Crippen LogP contribution in [0.15, 0.2) is 30.3 Å². The second-order valence-electron chi connectivity index (χ2n) is 5.35. The standard InChI is InChI=1S/C17H28N2O2/c1-3-16(4-2)19(10-11-20)17(21)15(13-18)12-14-8-6-5-7-9-14/h5-9,15-16,20H,3-4,10-13,18H2,1-2H3. The number of nitrogens with zero attached hydrogens (tertiary/aromatic N) is 1. The van der Waals surface area contributed by atoms with E-state index in [9.17, 15) is 9.90 Å². The molecule has 1 amide bonds. The molecule has 0 aliphatic rings. The molecule has 4 nitrogen and oxygen atoms in total. The topological polar surface area (TPSA) is 66.6 Å². The predicted octanol–water partition coefficient (Wildman–Crippen LogP) is 1.81. The summed E-state index contributed by atoms with van der Waals surface area (Å²) in [4.78, 5) is 14.6. The Bertz CT molecular complexity index is 405. The maximum absolute atomic E-state index is 12.8. The Kier molecular flexibility index (Phi) is 8.01. The van der Waals surface area contributed by atoms with Crippen molar-refractivity contribution in [1.82, 2.24) is 4.90 Å². The molecule has 21 heavy (non-hydrogen) atoms. The zero-order valence-electron chi connectivity index (χ0n) is 13.2. The highest BCUT2D eigenvalue weighted by Crippen LogP contribution is 2.16. The average molecular weight is 292 g/mol. The molecule has 0 aliphatic carbocycles. The van der Waals surface area contributed by atoms with Crippen molar-refractivity contribution in [2.24, 2.45) is 11.7 Å². The highest BCUT2D eigenvalue weighted by Gasteiger charge is 2.27. The molecular formula is C17H28N2O2. The summed E-state index contributed by atoms with van der Waals surface area (Å²) in [7, 11) is 0.